The van der Waals surface area contributed by atoms with E-state index >= 15 is 0 Å². The first-order valence-corrected chi connectivity index (χ1v) is 14.8. The number of likely N-dealkylation sites (tertiary alicyclic amines) is 1. The van der Waals surface area contributed by atoms with Gasteiger partial charge in [0.25, 0.3) is 11.8 Å². The molecule has 2 N–H and O–H groups in total. The molecule has 0 bridgehead atoms. The van der Waals surface area contributed by atoms with Crippen molar-refractivity contribution >= 4 is 34.9 Å². The molecule has 212 valence electrons. The summed E-state index contributed by atoms with van der Waals surface area (Å²) in [6.45, 7) is 8.06. The van der Waals surface area contributed by atoms with Crippen molar-refractivity contribution in [3.63, 3.8) is 0 Å². The number of carbonyl (C=O) groups excluding carboxylic acids is 3. The normalized spacial score (nSPS) is 24.6. The van der Waals surface area contributed by atoms with E-state index in [0.29, 0.717) is 17.9 Å². The number of hydrogen-bond donors (Lipinski definition) is 2. The highest BCUT2D eigenvalue weighted by Gasteiger charge is 2.49. The SMILES string of the molecule is Cc1ncsc1-c1ccc([C@]2(C)NC([C@H]3C[C@@H](O)CN3C(=O)[C@H](C(C)C)N3Cc4ccccc4C3=O)=NC2=O)cc1. The largest absolute Gasteiger partial charge is 0.391 e. The Kier molecular flexibility index (Phi) is 6.78. The number of carbonyl (C=O) groups is 3. The number of fused-ring (bicyclic) bond motifs is 1. The minimum Gasteiger partial charge on any atom is -0.391 e. The van der Waals surface area contributed by atoms with Crippen molar-refractivity contribution < 1.29 is 19.5 Å². The molecule has 0 saturated carbocycles. The Morgan fingerprint density at radius 2 is 1.88 bits per heavy atom. The number of benzene rings is 2. The lowest BCUT2D eigenvalue weighted by Crippen LogP contribution is -2.56. The molecule has 1 saturated heterocycles. The molecule has 3 aliphatic heterocycles. The van der Waals surface area contributed by atoms with E-state index in [9.17, 15) is 19.5 Å². The number of nitrogens with zero attached hydrogens (tertiary/aromatic N) is 4. The zero-order valence-corrected chi connectivity index (χ0v) is 24.3. The maximum Gasteiger partial charge on any atom is 0.277 e. The second kappa shape index (κ2) is 10.2. The number of nitrogens with one attached hydrogen (secondary N) is 1. The Bertz CT molecular complexity index is 1560. The third-order valence-electron chi connectivity index (χ3n) is 8.45. The fourth-order valence-electron chi connectivity index (χ4n) is 6.21. The lowest BCUT2D eigenvalue weighted by molar-refractivity contribution is -0.138. The van der Waals surface area contributed by atoms with Gasteiger partial charge >= 0.3 is 0 Å². The van der Waals surface area contributed by atoms with Crippen LogP contribution in [0.3, 0.4) is 0 Å². The van der Waals surface area contributed by atoms with Crippen LogP contribution in [0.15, 0.2) is 59.0 Å². The van der Waals surface area contributed by atoms with Gasteiger partial charge in [0, 0.05) is 25.1 Å². The van der Waals surface area contributed by atoms with E-state index in [1.807, 2.05) is 68.7 Å². The predicted octanol–water partition coefficient (Wildman–Crippen LogP) is 3.50. The molecule has 10 heteroatoms. The smallest absolute Gasteiger partial charge is 0.277 e. The number of rotatable bonds is 6. The zero-order valence-electron chi connectivity index (χ0n) is 23.5. The molecule has 0 unspecified atom stereocenters. The fraction of sp³-hybridized carbons (Fsp3) is 0.387. The summed E-state index contributed by atoms with van der Waals surface area (Å²) < 4.78 is 0. The minimum absolute atomic E-state index is 0.107. The molecule has 0 radical (unpaired) electrons. The number of hydrogen-bond acceptors (Lipinski definition) is 7. The van der Waals surface area contributed by atoms with Crippen LogP contribution in [0.4, 0.5) is 0 Å². The molecule has 0 aliphatic carbocycles. The molecule has 2 aromatic carbocycles. The van der Waals surface area contributed by atoms with Crippen molar-refractivity contribution in [2.45, 2.75) is 64.4 Å². The van der Waals surface area contributed by atoms with Crippen LogP contribution >= 0.6 is 11.3 Å². The first-order chi connectivity index (χ1) is 19.6. The molecular weight excluding hydrogens is 538 g/mol. The van der Waals surface area contributed by atoms with E-state index < -0.39 is 23.7 Å². The average molecular weight is 572 g/mol. The molecule has 3 amide bonds. The number of β-amino-alcohol motifs (C(OH)–C–C–N with tert-alkyl or cyclic N) is 1. The second-order valence-electron chi connectivity index (χ2n) is 11.6. The van der Waals surface area contributed by atoms with Gasteiger partial charge < -0.3 is 20.2 Å². The van der Waals surface area contributed by atoms with E-state index in [1.165, 1.54) is 0 Å². The molecule has 41 heavy (non-hydrogen) atoms. The molecule has 6 rings (SSSR count). The van der Waals surface area contributed by atoms with E-state index in [0.717, 1.165) is 27.3 Å². The summed E-state index contributed by atoms with van der Waals surface area (Å²) in [4.78, 5) is 53.7. The van der Waals surface area contributed by atoms with Gasteiger partial charge in [0.1, 0.15) is 17.4 Å². The van der Waals surface area contributed by atoms with Gasteiger partial charge in [-0.3, -0.25) is 14.4 Å². The second-order valence-corrected chi connectivity index (χ2v) is 12.4. The van der Waals surface area contributed by atoms with Crippen LogP contribution < -0.4 is 5.32 Å². The number of aliphatic imine (C=N–C) groups is 1. The number of aliphatic hydroxyl groups is 1. The van der Waals surface area contributed by atoms with Crippen LogP contribution in [0, 0.1) is 12.8 Å². The highest BCUT2D eigenvalue weighted by Crippen LogP contribution is 2.34. The van der Waals surface area contributed by atoms with Crippen LogP contribution in [0.25, 0.3) is 10.4 Å². The van der Waals surface area contributed by atoms with Crippen LogP contribution in [0.1, 0.15) is 54.4 Å². The molecule has 1 aromatic heterocycles. The summed E-state index contributed by atoms with van der Waals surface area (Å²) in [6.07, 6.45) is -0.514. The summed E-state index contributed by atoms with van der Waals surface area (Å²) in [7, 11) is 0. The summed E-state index contributed by atoms with van der Waals surface area (Å²) >= 11 is 1.57. The Balaban J connectivity index is 1.24. The Morgan fingerprint density at radius 3 is 2.54 bits per heavy atom. The van der Waals surface area contributed by atoms with Gasteiger partial charge in [-0.25, -0.2) is 4.98 Å². The molecule has 4 atom stereocenters. The summed E-state index contributed by atoms with van der Waals surface area (Å²) in [5.41, 5.74) is 4.95. The molecule has 0 spiro atoms. The van der Waals surface area contributed by atoms with Crippen molar-refractivity contribution in [1.82, 2.24) is 20.1 Å². The van der Waals surface area contributed by atoms with Gasteiger partial charge in [-0.15, -0.1) is 11.3 Å². The molecule has 1 fully saturated rings. The van der Waals surface area contributed by atoms with Crippen LogP contribution in [-0.4, -0.2) is 68.2 Å². The van der Waals surface area contributed by atoms with E-state index in [-0.39, 0.29) is 36.6 Å². The van der Waals surface area contributed by atoms with Gasteiger partial charge in [-0.05, 0) is 42.5 Å². The maximum atomic E-state index is 14.1. The van der Waals surface area contributed by atoms with E-state index in [4.69, 9.17) is 0 Å². The van der Waals surface area contributed by atoms with Gasteiger partial charge in [0.15, 0.2) is 0 Å². The Labute approximate surface area is 242 Å². The number of aromatic nitrogens is 1. The number of aliphatic hydroxyl groups excluding tert-OH is 1. The first-order valence-electron chi connectivity index (χ1n) is 13.9. The highest BCUT2D eigenvalue weighted by molar-refractivity contribution is 7.13. The molecule has 9 nitrogen and oxygen atoms in total. The average Bonchev–Trinajstić information content (AvgIpc) is 3.71. The van der Waals surface area contributed by atoms with Crippen LogP contribution in [-0.2, 0) is 21.7 Å². The number of amidine groups is 1. The highest BCUT2D eigenvalue weighted by atomic mass is 32.1. The van der Waals surface area contributed by atoms with E-state index in [2.05, 4.69) is 15.3 Å². The topological polar surface area (TPSA) is 115 Å². The Hall–Kier alpha value is -3.89. The van der Waals surface area contributed by atoms with Crippen LogP contribution in [0.2, 0.25) is 0 Å². The third-order valence-corrected chi connectivity index (χ3v) is 9.42. The monoisotopic (exact) mass is 571 g/mol. The quantitative estimate of drug-likeness (QED) is 0.468. The summed E-state index contributed by atoms with van der Waals surface area (Å²) in [5.74, 6) is -0.570. The third kappa shape index (κ3) is 4.55. The van der Waals surface area contributed by atoms with Crippen LogP contribution in [0.5, 0.6) is 0 Å². The molecule has 4 heterocycles. The van der Waals surface area contributed by atoms with E-state index in [1.54, 1.807) is 34.1 Å². The number of thiazole rings is 1. The van der Waals surface area contributed by atoms with Crippen molar-refractivity contribution in [2.24, 2.45) is 10.9 Å². The van der Waals surface area contributed by atoms with Crippen molar-refractivity contribution in [3.05, 3.63) is 76.4 Å². The maximum absolute atomic E-state index is 14.1. The lowest BCUT2D eigenvalue weighted by Gasteiger charge is -2.36. The van der Waals surface area contributed by atoms with Crippen molar-refractivity contribution in [2.75, 3.05) is 6.54 Å². The van der Waals surface area contributed by atoms with Gasteiger partial charge in [0.2, 0.25) is 5.91 Å². The van der Waals surface area contributed by atoms with Gasteiger partial charge in [-0.2, -0.15) is 4.99 Å². The lowest BCUT2D eigenvalue weighted by atomic mass is 9.91. The zero-order chi connectivity index (χ0) is 29.1. The minimum atomic E-state index is -1.11. The summed E-state index contributed by atoms with van der Waals surface area (Å²) in [5, 5.41) is 14.0. The first kappa shape index (κ1) is 27.3. The Morgan fingerprint density at radius 1 is 1.15 bits per heavy atom. The fourth-order valence-corrected chi connectivity index (χ4v) is 7.02. The summed E-state index contributed by atoms with van der Waals surface area (Å²) in [6, 6.07) is 13.9. The van der Waals surface area contributed by atoms with Gasteiger partial charge in [0.05, 0.1) is 28.2 Å². The van der Waals surface area contributed by atoms with Crippen molar-refractivity contribution in [3.8, 4) is 10.4 Å². The molecule has 3 aliphatic rings. The molecular formula is C31H33N5O4S. The predicted molar refractivity (Wildman–Crippen MR) is 156 cm³/mol. The van der Waals surface area contributed by atoms with Crippen molar-refractivity contribution in [1.29, 1.82) is 0 Å². The number of aryl methyl sites for hydroxylation is 1. The standard InChI is InChI=1S/C31H33N5O4S/c1-17(2)25(36-14-20-7-5-6-8-23(20)28(36)38)29(39)35-15-22(37)13-24(35)27-33-30(40)31(4,34-27)21-11-9-19(10-12-21)26-18(3)32-16-41-26/h5-12,16-17,22,24-25,37H,13-15H2,1-4H3,(H,33,34,40)/t22-,24-,25+,31+/m1/s1. The van der Waals surface area contributed by atoms with Gasteiger partial charge in [-0.1, -0.05) is 56.3 Å². The molecule has 3 aromatic rings. The number of amides is 3.